The third-order valence-electron chi connectivity index (χ3n) is 3.79. The van der Waals surface area contributed by atoms with E-state index in [0.29, 0.717) is 41.3 Å². The van der Waals surface area contributed by atoms with Gasteiger partial charge < -0.3 is 15.4 Å². The molecule has 0 aromatic heterocycles. The molecule has 1 fully saturated rings. The molecule has 0 saturated carbocycles. The fourth-order valence-corrected chi connectivity index (χ4v) is 2.92. The summed E-state index contributed by atoms with van der Waals surface area (Å²) in [6.45, 7) is 3.78. The highest BCUT2D eigenvalue weighted by Gasteiger charge is 2.31. The second-order valence-corrected chi connectivity index (χ2v) is 6.22. The van der Waals surface area contributed by atoms with E-state index in [2.05, 4.69) is 6.92 Å². The minimum Gasteiger partial charge on any atom is -0.493 e. The number of carbonyl (C=O) groups excluding carboxylic acids is 1. The molecule has 2 rings (SSSR count). The van der Waals surface area contributed by atoms with E-state index in [9.17, 15) is 4.79 Å². The van der Waals surface area contributed by atoms with E-state index in [-0.39, 0.29) is 11.9 Å². The highest BCUT2D eigenvalue weighted by molar-refractivity contribution is 6.42. The lowest BCUT2D eigenvalue weighted by atomic mass is 10.1. The molecule has 1 heterocycles. The second-order valence-electron chi connectivity index (χ2n) is 5.41. The van der Waals surface area contributed by atoms with Crippen LogP contribution < -0.4 is 10.5 Å². The molecular formula is C15H20Cl2N2O2. The van der Waals surface area contributed by atoms with Crippen molar-refractivity contribution < 1.29 is 9.53 Å². The summed E-state index contributed by atoms with van der Waals surface area (Å²) >= 11 is 11.7. The van der Waals surface area contributed by atoms with Gasteiger partial charge >= 0.3 is 0 Å². The molecule has 0 aliphatic carbocycles. The number of likely N-dealkylation sites (tertiary alicyclic amines) is 1. The van der Waals surface area contributed by atoms with Crippen molar-refractivity contribution in [1.29, 1.82) is 0 Å². The van der Waals surface area contributed by atoms with Crippen LogP contribution in [0.5, 0.6) is 5.75 Å². The van der Waals surface area contributed by atoms with Gasteiger partial charge in [-0.1, -0.05) is 23.2 Å². The number of hydrogen-bond acceptors (Lipinski definition) is 3. The highest BCUT2D eigenvalue weighted by Crippen LogP contribution is 2.26. The summed E-state index contributed by atoms with van der Waals surface area (Å²) in [5.74, 6) is 1.14. The van der Waals surface area contributed by atoms with Crippen molar-refractivity contribution in [3.8, 4) is 5.75 Å². The largest absolute Gasteiger partial charge is 0.493 e. The molecule has 1 aromatic rings. The molecule has 2 unspecified atom stereocenters. The Hall–Kier alpha value is -0.970. The number of benzene rings is 1. The van der Waals surface area contributed by atoms with Gasteiger partial charge in [0.25, 0.3) is 0 Å². The second kappa shape index (κ2) is 7.34. The first-order valence-electron chi connectivity index (χ1n) is 7.08. The van der Waals surface area contributed by atoms with Crippen molar-refractivity contribution in [2.75, 3.05) is 19.7 Å². The zero-order chi connectivity index (χ0) is 15.4. The maximum Gasteiger partial charge on any atom is 0.226 e. The molecule has 2 N–H and O–H groups in total. The van der Waals surface area contributed by atoms with Crippen LogP contribution in [0.1, 0.15) is 19.8 Å². The van der Waals surface area contributed by atoms with Crippen LogP contribution in [0.15, 0.2) is 18.2 Å². The fraction of sp³-hybridized carbons (Fsp3) is 0.533. The number of hydrogen-bond donors (Lipinski definition) is 1. The molecule has 21 heavy (non-hydrogen) atoms. The third kappa shape index (κ3) is 4.25. The fourth-order valence-electron chi connectivity index (χ4n) is 2.63. The van der Waals surface area contributed by atoms with Crippen molar-refractivity contribution in [2.45, 2.75) is 25.8 Å². The summed E-state index contributed by atoms with van der Waals surface area (Å²) in [5, 5.41) is 0.929. The van der Waals surface area contributed by atoms with Crippen LogP contribution in [0, 0.1) is 5.92 Å². The van der Waals surface area contributed by atoms with Crippen LogP contribution in [-0.2, 0) is 4.79 Å². The highest BCUT2D eigenvalue weighted by atomic mass is 35.5. The van der Waals surface area contributed by atoms with Crippen molar-refractivity contribution in [3.05, 3.63) is 28.2 Å². The van der Waals surface area contributed by atoms with Gasteiger partial charge in [0.1, 0.15) is 5.75 Å². The molecule has 4 nitrogen and oxygen atoms in total. The maximum absolute atomic E-state index is 12.2. The Morgan fingerprint density at radius 2 is 2.19 bits per heavy atom. The van der Waals surface area contributed by atoms with Gasteiger partial charge in [-0.05, 0) is 37.9 Å². The van der Waals surface area contributed by atoms with Crippen LogP contribution >= 0.6 is 23.2 Å². The minimum atomic E-state index is 0.110. The lowest BCUT2D eigenvalue weighted by Gasteiger charge is -2.21. The number of nitrogens with two attached hydrogens (primary N) is 1. The SMILES string of the molecule is CC1CC(CN)CN1C(=O)CCOc1ccc(Cl)c(Cl)c1. The zero-order valence-corrected chi connectivity index (χ0v) is 13.5. The average molecular weight is 331 g/mol. The van der Waals surface area contributed by atoms with E-state index >= 15 is 0 Å². The van der Waals surface area contributed by atoms with Crippen LogP contribution in [0.3, 0.4) is 0 Å². The van der Waals surface area contributed by atoms with E-state index in [1.807, 2.05) is 4.90 Å². The summed E-state index contributed by atoms with van der Waals surface area (Å²) in [6.07, 6.45) is 1.33. The molecule has 0 radical (unpaired) electrons. The van der Waals surface area contributed by atoms with Crippen LogP contribution in [0.4, 0.5) is 0 Å². The van der Waals surface area contributed by atoms with E-state index in [4.69, 9.17) is 33.7 Å². The summed E-state index contributed by atoms with van der Waals surface area (Å²) in [6, 6.07) is 5.32. The van der Waals surface area contributed by atoms with Crippen molar-refractivity contribution >= 4 is 29.1 Å². The Labute approximate surface area is 135 Å². The Morgan fingerprint density at radius 1 is 1.43 bits per heavy atom. The van der Waals surface area contributed by atoms with Gasteiger partial charge in [-0.15, -0.1) is 0 Å². The normalized spacial score (nSPS) is 21.6. The number of carbonyl (C=O) groups is 1. The molecule has 1 saturated heterocycles. The van der Waals surface area contributed by atoms with E-state index in [1.165, 1.54) is 0 Å². The van der Waals surface area contributed by atoms with Gasteiger partial charge in [0.05, 0.1) is 23.1 Å². The first-order chi connectivity index (χ1) is 10.0. The van der Waals surface area contributed by atoms with E-state index in [1.54, 1.807) is 18.2 Å². The summed E-state index contributed by atoms with van der Waals surface area (Å²) in [5.41, 5.74) is 5.67. The minimum absolute atomic E-state index is 0.110. The number of ether oxygens (including phenoxy) is 1. The number of amides is 1. The van der Waals surface area contributed by atoms with Crippen molar-refractivity contribution in [1.82, 2.24) is 4.90 Å². The first kappa shape index (κ1) is 16.4. The monoisotopic (exact) mass is 330 g/mol. The quantitative estimate of drug-likeness (QED) is 0.902. The molecular weight excluding hydrogens is 311 g/mol. The standard InChI is InChI=1S/C15H20Cl2N2O2/c1-10-6-11(8-18)9-19(10)15(20)4-5-21-12-2-3-13(16)14(17)7-12/h2-3,7,10-11H,4-6,8-9,18H2,1H3. The molecule has 1 aliphatic heterocycles. The first-order valence-corrected chi connectivity index (χ1v) is 7.84. The smallest absolute Gasteiger partial charge is 0.226 e. The maximum atomic E-state index is 12.2. The number of halogens is 2. The van der Waals surface area contributed by atoms with Gasteiger partial charge in [-0.25, -0.2) is 0 Å². The summed E-state index contributed by atoms with van der Waals surface area (Å²) in [4.78, 5) is 14.1. The van der Waals surface area contributed by atoms with Crippen molar-refractivity contribution in [2.24, 2.45) is 11.7 Å². The summed E-state index contributed by atoms with van der Waals surface area (Å²) < 4.78 is 5.55. The van der Waals surface area contributed by atoms with Gasteiger partial charge in [0.2, 0.25) is 5.91 Å². The Balaban J connectivity index is 1.80. The molecule has 1 aromatic carbocycles. The van der Waals surface area contributed by atoms with E-state index in [0.717, 1.165) is 13.0 Å². The molecule has 6 heteroatoms. The molecule has 0 spiro atoms. The summed E-state index contributed by atoms with van der Waals surface area (Å²) in [7, 11) is 0. The van der Waals surface area contributed by atoms with Gasteiger partial charge in [0.15, 0.2) is 0 Å². The predicted octanol–water partition coefficient (Wildman–Crippen LogP) is 2.96. The van der Waals surface area contributed by atoms with Gasteiger partial charge in [-0.3, -0.25) is 4.79 Å². The average Bonchev–Trinajstić information content (AvgIpc) is 2.84. The molecule has 2 atom stereocenters. The molecule has 1 aliphatic rings. The third-order valence-corrected chi connectivity index (χ3v) is 4.53. The van der Waals surface area contributed by atoms with Crippen LogP contribution in [-0.4, -0.2) is 36.5 Å². The van der Waals surface area contributed by atoms with Crippen LogP contribution in [0.2, 0.25) is 10.0 Å². The van der Waals surface area contributed by atoms with Crippen molar-refractivity contribution in [3.63, 3.8) is 0 Å². The molecule has 1 amide bonds. The number of rotatable bonds is 5. The van der Waals surface area contributed by atoms with Crippen LogP contribution in [0.25, 0.3) is 0 Å². The Kier molecular flexibility index (Phi) is 5.73. The lowest BCUT2D eigenvalue weighted by Crippen LogP contribution is -2.35. The lowest BCUT2D eigenvalue weighted by molar-refractivity contribution is -0.132. The predicted molar refractivity (Wildman–Crippen MR) is 84.9 cm³/mol. The van der Waals surface area contributed by atoms with E-state index < -0.39 is 0 Å². The zero-order valence-electron chi connectivity index (χ0n) is 12.0. The Morgan fingerprint density at radius 3 is 2.81 bits per heavy atom. The van der Waals surface area contributed by atoms with Gasteiger partial charge in [0, 0.05) is 18.7 Å². The topological polar surface area (TPSA) is 55.6 Å². The molecule has 116 valence electrons. The Bertz CT molecular complexity index is 510. The molecule has 0 bridgehead atoms. The number of nitrogens with zero attached hydrogens (tertiary/aromatic N) is 1. The van der Waals surface area contributed by atoms with Gasteiger partial charge in [-0.2, -0.15) is 0 Å².